The minimum atomic E-state index is 0.710. The maximum atomic E-state index is 5.72. The predicted molar refractivity (Wildman–Crippen MR) is 58.7 cm³/mol. The minimum absolute atomic E-state index is 0.710. The van der Waals surface area contributed by atoms with Gasteiger partial charge in [-0.25, -0.2) is 4.99 Å². The van der Waals surface area contributed by atoms with Crippen molar-refractivity contribution in [3.8, 4) is 0 Å². The standard InChI is InChI=1S/C10H13BrN2/c11-10-8-4-2-1-3-7(8)5-6-9(12)13-10/h5H,1-4,6H2,(H2,12,13). The molecule has 0 aromatic carbocycles. The van der Waals surface area contributed by atoms with Gasteiger partial charge in [-0.1, -0.05) is 6.08 Å². The van der Waals surface area contributed by atoms with E-state index in [2.05, 4.69) is 27.0 Å². The van der Waals surface area contributed by atoms with Crippen molar-refractivity contribution in [2.24, 2.45) is 10.7 Å². The van der Waals surface area contributed by atoms with Gasteiger partial charge in [-0.3, -0.25) is 0 Å². The third-order valence-electron chi connectivity index (χ3n) is 2.56. The van der Waals surface area contributed by atoms with Crippen LogP contribution in [0.2, 0.25) is 0 Å². The Morgan fingerprint density at radius 1 is 1.31 bits per heavy atom. The van der Waals surface area contributed by atoms with E-state index in [1.165, 1.54) is 30.4 Å². The fraction of sp³-hybridized carbons (Fsp3) is 0.500. The first kappa shape index (κ1) is 9.00. The molecule has 0 atom stereocenters. The molecular formula is C10H13BrN2. The van der Waals surface area contributed by atoms with Crippen LogP contribution in [0.25, 0.3) is 0 Å². The van der Waals surface area contributed by atoms with Crippen LogP contribution < -0.4 is 5.73 Å². The lowest BCUT2D eigenvalue weighted by Gasteiger charge is -2.17. The number of fused-ring (bicyclic) bond motifs is 1. The number of hydrogen-bond donors (Lipinski definition) is 1. The first-order valence-corrected chi connectivity index (χ1v) is 5.48. The average molecular weight is 241 g/mol. The summed E-state index contributed by atoms with van der Waals surface area (Å²) < 4.78 is 0.952. The molecule has 0 saturated heterocycles. The predicted octanol–water partition coefficient (Wildman–Crippen LogP) is 2.85. The molecule has 3 heteroatoms. The topological polar surface area (TPSA) is 38.4 Å². The zero-order chi connectivity index (χ0) is 9.26. The molecule has 2 nitrogen and oxygen atoms in total. The summed E-state index contributed by atoms with van der Waals surface area (Å²) in [4.78, 5) is 4.30. The van der Waals surface area contributed by atoms with Crippen LogP contribution in [0.4, 0.5) is 0 Å². The van der Waals surface area contributed by atoms with Gasteiger partial charge in [-0.2, -0.15) is 0 Å². The lowest BCUT2D eigenvalue weighted by molar-refractivity contribution is 0.676. The Kier molecular flexibility index (Phi) is 2.54. The largest absolute Gasteiger partial charge is 0.387 e. The van der Waals surface area contributed by atoms with Gasteiger partial charge in [-0.05, 0) is 52.8 Å². The molecule has 1 heterocycles. The quantitative estimate of drug-likeness (QED) is 0.650. The van der Waals surface area contributed by atoms with Gasteiger partial charge < -0.3 is 5.73 Å². The van der Waals surface area contributed by atoms with Gasteiger partial charge in [0.1, 0.15) is 10.4 Å². The highest BCUT2D eigenvalue weighted by molar-refractivity contribution is 9.11. The van der Waals surface area contributed by atoms with E-state index in [4.69, 9.17) is 5.73 Å². The van der Waals surface area contributed by atoms with Crippen molar-refractivity contribution in [3.63, 3.8) is 0 Å². The van der Waals surface area contributed by atoms with Crippen molar-refractivity contribution in [2.45, 2.75) is 32.1 Å². The highest BCUT2D eigenvalue weighted by Crippen LogP contribution is 2.35. The van der Waals surface area contributed by atoms with Crippen LogP contribution in [0, 0.1) is 0 Å². The first-order chi connectivity index (χ1) is 6.27. The lowest BCUT2D eigenvalue weighted by atomic mass is 9.90. The molecule has 0 aromatic heterocycles. The summed E-state index contributed by atoms with van der Waals surface area (Å²) in [5.41, 5.74) is 8.53. The van der Waals surface area contributed by atoms with Gasteiger partial charge >= 0.3 is 0 Å². The zero-order valence-corrected chi connectivity index (χ0v) is 9.10. The summed E-state index contributed by atoms with van der Waals surface area (Å²) in [6.07, 6.45) is 7.93. The molecule has 1 saturated carbocycles. The number of rotatable bonds is 0. The Labute approximate surface area is 86.7 Å². The molecular weight excluding hydrogens is 228 g/mol. The molecule has 0 bridgehead atoms. The van der Waals surface area contributed by atoms with Crippen LogP contribution in [-0.4, -0.2) is 5.84 Å². The van der Waals surface area contributed by atoms with E-state index in [0.717, 1.165) is 17.4 Å². The number of aliphatic imine (C=N–C) groups is 1. The number of allylic oxidation sites excluding steroid dienone is 2. The summed E-state index contributed by atoms with van der Waals surface area (Å²) in [7, 11) is 0. The molecule has 1 fully saturated rings. The van der Waals surface area contributed by atoms with E-state index in [0.29, 0.717) is 5.84 Å². The van der Waals surface area contributed by atoms with Gasteiger partial charge in [0.15, 0.2) is 0 Å². The molecule has 2 rings (SSSR count). The van der Waals surface area contributed by atoms with Gasteiger partial charge in [0, 0.05) is 6.42 Å². The van der Waals surface area contributed by atoms with Gasteiger partial charge in [0.2, 0.25) is 0 Å². The van der Waals surface area contributed by atoms with Crippen LogP contribution >= 0.6 is 15.9 Å². The molecule has 0 amide bonds. The molecule has 70 valence electrons. The molecule has 2 N–H and O–H groups in total. The molecule has 1 aliphatic heterocycles. The second kappa shape index (κ2) is 3.66. The molecule has 0 aromatic rings. The van der Waals surface area contributed by atoms with Crippen LogP contribution in [0.5, 0.6) is 0 Å². The van der Waals surface area contributed by atoms with Crippen molar-refractivity contribution in [3.05, 3.63) is 21.8 Å². The number of amidine groups is 1. The Balaban J connectivity index is 2.39. The van der Waals surface area contributed by atoms with E-state index in [1.54, 1.807) is 0 Å². The lowest BCUT2D eigenvalue weighted by Crippen LogP contribution is -2.09. The number of nitrogens with zero attached hydrogens (tertiary/aromatic N) is 1. The maximum Gasteiger partial charge on any atom is 0.111 e. The molecule has 2 aliphatic rings. The molecule has 13 heavy (non-hydrogen) atoms. The normalized spacial score (nSPS) is 23.2. The summed E-state index contributed by atoms with van der Waals surface area (Å²) in [5.74, 6) is 0.710. The highest BCUT2D eigenvalue weighted by Gasteiger charge is 2.16. The van der Waals surface area contributed by atoms with Crippen LogP contribution in [0.3, 0.4) is 0 Å². The maximum absolute atomic E-state index is 5.72. The summed E-state index contributed by atoms with van der Waals surface area (Å²) >= 11 is 3.49. The van der Waals surface area contributed by atoms with E-state index in [1.807, 2.05) is 0 Å². The second-order valence-corrected chi connectivity index (χ2v) is 4.26. The van der Waals surface area contributed by atoms with Crippen LogP contribution in [0.1, 0.15) is 32.1 Å². The third kappa shape index (κ3) is 1.85. The van der Waals surface area contributed by atoms with E-state index in [9.17, 15) is 0 Å². The number of hydrogen-bond acceptors (Lipinski definition) is 2. The molecule has 0 unspecified atom stereocenters. The highest BCUT2D eigenvalue weighted by atomic mass is 79.9. The van der Waals surface area contributed by atoms with E-state index < -0.39 is 0 Å². The van der Waals surface area contributed by atoms with E-state index in [-0.39, 0.29) is 0 Å². The fourth-order valence-corrected chi connectivity index (χ4v) is 2.54. The van der Waals surface area contributed by atoms with E-state index >= 15 is 0 Å². The minimum Gasteiger partial charge on any atom is -0.387 e. The Hall–Kier alpha value is -0.570. The Bertz CT molecular complexity index is 313. The summed E-state index contributed by atoms with van der Waals surface area (Å²) in [5, 5.41) is 0. The van der Waals surface area contributed by atoms with Gasteiger partial charge in [0.25, 0.3) is 0 Å². The van der Waals surface area contributed by atoms with Gasteiger partial charge in [0.05, 0.1) is 0 Å². The second-order valence-electron chi connectivity index (χ2n) is 3.51. The summed E-state index contributed by atoms with van der Waals surface area (Å²) in [6.45, 7) is 0. The summed E-state index contributed by atoms with van der Waals surface area (Å²) in [6, 6.07) is 0. The Morgan fingerprint density at radius 2 is 2.08 bits per heavy atom. The number of nitrogens with two attached hydrogens (primary N) is 1. The zero-order valence-electron chi connectivity index (χ0n) is 7.52. The first-order valence-electron chi connectivity index (χ1n) is 4.68. The van der Waals surface area contributed by atoms with Crippen molar-refractivity contribution in [1.29, 1.82) is 0 Å². The third-order valence-corrected chi connectivity index (χ3v) is 3.21. The van der Waals surface area contributed by atoms with Crippen molar-refractivity contribution in [1.82, 2.24) is 0 Å². The molecule has 0 spiro atoms. The SMILES string of the molecule is NC1=NC(Br)=C2CCCCC2=CC1. The molecule has 1 aliphatic carbocycles. The van der Waals surface area contributed by atoms with Crippen LogP contribution in [-0.2, 0) is 0 Å². The average Bonchev–Trinajstić information content (AvgIpc) is 2.27. The Morgan fingerprint density at radius 3 is 2.92 bits per heavy atom. The van der Waals surface area contributed by atoms with Crippen molar-refractivity contribution in [2.75, 3.05) is 0 Å². The smallest absolute Gasteiger partial charge is 0.111 e. The molecule has 0 radical (unpaired) electrons. The fourth-order valence-electron chi connectivity index (χ4n) is 1.86. The number of halogens is 1. The van der Waals surface area contributed by atoms with Crippen molar-refractivity contribution >= 4 is 21.8 Å². The van der Waals surface area contributed by atoms with Crippen molar-refractivity contribution < 1.29 is 0 Å². The monoisotopic (exact) mass is 240 g/mol. The van der Waals surface area contributed by atoms with Crippen LogP contribution in [0.15, 0.2) is 26.8 Å². The van der Waals surface area contributed by atoms with Gasteiger partial charge in [-0.15, -0.1) is 0 Å².